The van der Waals surface area contributed by atoms with E-state index >= 15 is 0 Å². The van der Waals surface area contributed by atoms with Gasteiger partial charge in [-0.15, -0.1) is 0 Å². The van der Waals surface area contributed by atoms with Crippen LogP contribution in [0.4, 0.5) is 0 Å². The third-order valence-electron chi connectivity index (χ3n) is 1.74. The molecule has 0 spiro atoms. The molecule has 0 atom stereocenters. The number of nitrogens with zero attached hydrogens (tertiary/aromatic N) is 1. The van der Waals surface area contributed by atoms with Crippen LogP contribution in [0.25, 0.3) is 0 Å². The summed E-state index contributed by atoms with van der Waals surface area (Å²) in [5.74, 6) is 0. The van der Waals surface area contributed by atoms with E-state index in [1.54, 1.807) is 7.05 Å². The Kier molecular flexibility index (Phi) is 3.15. The highest BCUT2D eigenvalue weighted by Crippen LogP contribution is 2.15. The summed E-state index contributed by atoms with van der Waals surface area (Å²) in [6.07, 6.45) is 2.14. The molecular formula is C7H17NO. The van der Waals surface area contributed by atoms with Gasteiger partial charge in [-0.05, 0) is 20.3 Å². The molecule has 0 saturated heterocycles. The summed E-state index contributed by atoms with van der Waals surface area (Å²) in [5, 5.41) is 10.3. The van der Waals surface area contributed by atoms with Gasteiger partial charge >= 0.3 is 0 Å². The van der Waals surface area contributed by atoms with Crippen LogP contribution in [0.2, 0.25) is 0 Å². The van der Waals surface area contributed by atoms with Gasteiger partial charge in [0.2, 0.25) is 0 Å². The standard InChI is InChI=1S/C7H17NO/c1-5-6-7(2,3)8(4)9/h9H,5-6H2,1-4H3. The summed E-state index contributed by atoms with van der Waals surface area (Å²) < 4.78 is 0. The highest BCUT2D eigenvalue weighted by Gasteiger charge is 2.19. The predicted molar refractivity (Wildman–Crippen MR) is 38.5 cm³/mol. The molecule has 0 aromatic heterocycles. The van der Waals surface area contributed by atoms with Crippen molar-refractivity contribution in [2.24, 2.45) is 0 Å². The minimum absolute atomic E-state index is 0.0608. The lowest BCUT2D eigenvalue weighted by Gasteiger charge is -2.29. The highest BCUT2D eigenvalue weighted by atomic mass is 16.5. The minimum Gasteiger partial charge on any atom is -0.314 e. The average molecular weight is 131 g/mol. The molecule has 1 N–H and O–H groups in total. The smallest absolute Gasteiger partial charge is 0.0401 e. The van der Waals surface area contributed by atoms with Crippen LogP contribution in [-0.4, -0.2) is 22.9 Å². The lowest BCUT2D eigenvalue weighted by molar-refractivity contribution is -0.142. The summed E-state index contributed by atoms with van der Waals surface area (Å²) in [6, 6.07) is 0. The van der Waals surface area contributed by atoms with E-state index in [1.807, 2.05) is 13.8 Å². The third kappa shape index (κ3) is 2.82. The number of hydrogen-bond donors (Lipinski definition) is 1. The van der Waals surface area contributed by atoms with Crippen molar-refractivity contribution in [2.75, 3.05) is 7.05 Å². The fourth-order valence-electron chi connectivity index (χ4n) is 0.774. The van der Waals surface area contributed by atoms with Gasteiger partial charge in [0.1, 0.15) is 0 Å². The first kappa shape index (κ1) is 8.92. The van der Waals surface area contributed by atoms with Gasteiger partial charge in [-0.1, -0.05) is 13.3 Å². The Morgan fingerprint density at radius 2 is 1.89 bits per heavy atom. The van der Waals surface area contributed by atoms with Crippen molar-refractivity contribution >= 4 is 0 Å². The molecule has 0 aromatic carbocycles. The van der Waals surface area contributed by atoms with Crippen LogP contribution in [-0.2, 0) is 0 Å². The third-order valence-corrected chi connectivity index (χ3v) is 1.74. The van der Waals surface area contributed by atoms with Crippen molar-refractivity contribution in [1.29, 1.82) is 0 Å². The molecule has 0 bridgehead atoms. The Balaban J connectivity index is 3.70. The van der Waals surface area contributed by atoms with E-state index in [2.05, 4.69) is 6.92 Å². The summed E-state index contributed by atoms with van der Waals surface area (Å²) in [4.78, 5) is 0. The predicted octanol–water partition coefficient (Wildman–Crippen LogP) is 1.89. The van der Waals surface area contributed by atoms with Crippen molar-refractivity contribution < 1.29 is 5.21 Å². The average Bonchev–Trinajstić information content (AvgIpc) is 1.65. The van der Waals surface area contributed by atoms with Gasteiger partial charge in [0.05, 0.1) is 0 Å². The Morgan fingerprint density at radius 3 is 2.00 bits per heavy atom. The maximum absolute atomic E-state index is 9.04. The molecule has 0 saturated carbocycles. The van der Waals surface area contributed by atoms with Crippen LogP contribution < -0.4 is 0 Å². The van der Waals surface area contributed by atoms with Crippen LogP contribution in [0.5, 0.6) is 0 Å². The quantitative estimate of drug-likeness (QED) is 0.591. The highest BCUT2D eigenvalue weighted by molar-refractivity contribution is 4.72. The lowest BCUT2D eigenvalue weighted by Crippen LogP contribution is -2.38. The molecule has 0 aliphatic rings. The molecule has 0 aromatic rings. The molecule has 0 fully saturated rings. The topological polar surface area (TPSA) is 23.5 Å². The molecule has 0 radical (unpaired) electrons. The lowest BCUT2D eigenvalue weighted by atomic mass is 9.99. The van der Waals surface area contributed by atoms with Crippen LogP contribution in [0.1, 0.15) is 33.6 Å². The van der Waals surface area contributed by atoms with E-state index in [1.165, 1.54) is 5.06 Å². The van der Waals surface area contributed by atoms with E-state index in [-0.39, 0.29) is 5.54 Å². The normalized spacial score (nSPS) is 12.7. The number of hydroxylamine groups is 2. The molecule has 0 unspecified atom stereocenters. The SMILES string of the molecule is CCCC(C)(C)N(C)O. The van der Waals surface area contributed by atoms with Crippen LogP contribution in [0.3, 0.4) is 0 Å². The summed E-state index contributed by atoms with van der Waals surface area (Å²) in [6.45, 7) is 6.16. The molecule has 9 heavy (non-hydrogen) atoms. The Labute approximate surface area is 57.4 Å². The first-order valence-corrected chi connectivity index (χ1v) is 3.43. The summed E-state index contributed by atoms with van der Waals surface area (Å²) in [5.41, 5.74) is -0.0608. The second-order valence-electron chi connectivity index (χ2n) is 3.09. The van der Waals surface area contributed by atoms with Crippen LogP contribution in [0, 0.1) is 0 Å². The van der Waals surface area contributed by atoms with Gasteiger partial charge in [0, 0.05) is 12.6 Å². The van der Waals surface area contributed by atoms with Gasteiger partial charge < -0.3 is 5.21 Å². The maximum Gasteiger partial charge on any atom is 0.0401 e. The maximum atomic E-state index is 9.04. The molecule has 0 rings (SSSR count). The molecule has 2 nitrogen and oxygen atoms in total. The van der Waals surface area contributed by atoms with Crippen molar-refractivity contribution in [3.8, 4) is 0 Å². The Morgan fingerprint density at radius 1 is 1.44 bits per heavy atom. The molecule has 56 valence electrons. The molecule has 0 aliphatic carbocycles. The van der Waals surface area contributed by atoms with Crippen molar-refractivity contribution in [3.63, 3.8) is 0 Å². The van der Waals surface area contributed by atoms with Gasteiger partial charge in [-0.3, -0.25) is 0 Å². The van der Waals surface area contributed by atoms with Gasteiger partial charge in [-0.2, -0.15) is 5.06 Å². The van der Waals surface area contributed by atoms with Crippen molar-refractivity contribution in [3.05, 3.63) is 0 Å². The summed E-state index contributed by atoms with van der Waals surface area (Å²) in [7, 11) is 1.69. The van der Waals surface area contributed by atoms with Gasteiger partial charge in [0.25, 0.3) is 0 Å². The zero-order valence-corrected chi connectivity index (χ0v) is 6.81. The van der Waals surface area contributed by atoms with E-state index in [4.69, 9.17) is 5.21 Å². The largest absolute Gasteiger partial charge is 0.314 e. The van der Waals surface area contributed by atoms with Crippen molar-refractivity contribution in [2.45, 2.75) is 39.2 Å². The molecule has 0 amide bonds. The number of rotatable bonds is 3. The fraction of sp³-hybridized carbons (Fsp3) is 1.00. The molecule has 0 aliphatic heterocycles. The zero-order valence-electron chi connectivity index (χ0n) is 6.81. The monoisotopic (exact) mass is 131 g/mol. The molecule has 0 heterocycles. The molecular weight excluding hydrogens is 114 g/mol. The van der Waals surface area contributed by atoms with E-state index in [0.717, 1.165) is 12.8 Å². The second kappa shape index (κ2) is 3.18. The fourth-order valence-corrected chi connectivity index (χ4v) is 0.774. The van der Waals surface area contributed by atoms with E-state index < -0.39 is 0 Å². The number of hydrogen-bond acceptors (Lipinski definition) is 2. The van der Waals surface area contributed by atoms with Crippen LogP contribution in [0.15, 0.2) is 0 Å². The first-order chi connectivity index (χ1) is 4.00. The van der Waals surface area contributed by atoms with Crippen molar-refractivity contribution in [1.82, 2.24) is 5.06 Å². The molecule has 2 heteroatoms. The first-order valence-electron chi connectivity index (χ1n) is 3.43. The van der Waals surface area contributed by atoms with E-state index in [0.29, 0.717) is 0 Å². The Bertz CT molecular complexity index is 79.0. The van der Waals surface area contributed by atoms with E-state index in [9.17, 15) is 0 Å². The second-order valence-corrected chi connectivity index (χ2v) is 3.09. The van der Waals surface area contributed by atoms with Gasteiger partial charge in [0.15, 0.2) is 0 Å². The minimum atomic E-state index is -0.0608. The van der Waals surface area contributed by atoms with Crippen LogP contribution >= 0.6 is 0 Å². The summed E-state index contributed by atoms with van der Waals surface area (Å²) >= 11 is 0. The zero-order chi connectivity index (χ0) is 7.49. The van der Waals surface area contributed by atoms with Gasteiger partial charge in [-0.25, -0.2) is 0 Å². The Hall–Kier alpha value is -0.0800.